The molecule has 106 valence electrons. The van der Waals surface area contributed by atoms with Gasteiger partial charge in [0.05, 0.1) is 0 Å². The Morgan fingerprint density at radius 2 is 2.00 bits per heavy atom. The van der Waals surface area contributed by atoms with Gasteiger partial charge in [-0.1, -0.05) is 0 Å². The van der Waals surface area contributed by atoms with E-state index in [4.69, 9.17) is 5.11 Å². The molecule has 1 aromatic rings. The van der Waals surface area contributed by atoms with Gasteiger partial charge in [0.1, 0.15) is 18.4 Å². The summed E-state index contributed by atoms with van der Waals surface area (Å²) < 4.78 is 12.7. The molecule has 7 nitrogen and oxygen atoms in total. The molecule has 1 aliphatic heterocycles. The normalized spacial score (nSPS) is 18.4. The third-order valence-corrected chi connectivity index (χ3v) is 2.82. The number of piperazine rings is 1. The predicted octanol–water partition coefficient (Wildman–Crippen LogP) is 0.243. The number of benzene rings is 1. The second-order valence-corrected chi connectivity index (χ2v) is 4.22. The fraction of sp³-hybridized carbons (Fsp3) is 0.250. The molecule has 0 radical (unpaired) electrons. The summed E-state index contributed by atoms with van der Waals surface area (Å²) >= 11 is 0. The summed E-state index contributed by atoms with van der Waals surface area (Å²) in [7, 11) is 0. The number of carboxylic acids is 1. The van der Waals surface area contributed by atoms with E-state index in [-0.39, 0.29) is 13.1 Å². The zero-order valence-electron chi connectivity index (χ0n) is 10.3. The van der Waals surface area contributed by atoms with Gasteiger partial charge in [0.15, 0.2) is 0 Å². The molecule has 0 saturated carbocycles. The largest absolute Gasteiger partial charge is 0.480 e. The summed E-state index contributed by atoms with van der Waals surface area (Å²) in [5.41, 5.74) is 0.312. The molecule has 3 N–H and O–H groups in total. The van der Waals surface area contributed by atoms with Crippen LogP contribution in [0.5, 0.6) is 0 Å². The Morgan fingerprint density at radius 3 is 2.60 bits per heavy atom. The van der Waals surface area contributed by atoms with Gasteiger partial charge in [-0.2, -0.15) is 0 Å². The van der Waals surface area contributed by atoms with Crippen molar-refractivity contribution in [2.75, 3.05) is 18.4 Å². The van der Waals surface area contributed by atoms with Gasteiger partial charge in [-0.25, -0.2) is 14.0 Å². The lowest BCUT2D eigenvalue weighted by Crippen LogP contribution is -2.60. The van der Waals surface area contributed by atoms with Crippen molar-refractivity contribution in [2.24, 2.45) is 0 Å². The molecule has 1 unspecified atom stereocenters. The van der Waals surface area contributed by atoms with Crippen molar-refractivity contribution >= 4 is 23.6 Å². The highest BCUT2D eigenvalue weighted by molar-refractivity contribution is 5.96. The first-order chi connectivity index (χ1) is 9.47. The molecule has 1 aliphatic rings. The third kappa shape index (κ3) is 3.02. The van der Waals surface area contributed by atoms with Crippen LogP contribution in [0.25, 0.3) is 0 Å². The first kappa shape index (κ1) is 13.8. The highest BCUT2D eigenvalue weighted by atomic mass is 19.1. The summed E-state index contributed by atoms with van der Waals surface area (Å²) in [5.74, 6) is -2.10. The highest BCUT2D eigenvalue weighted by Gasteiger charge is 2.35. The van der Waals surface area contributed by atoms with Gasteiger partial charge >= 0.3 is 12.0 Å². The minimum Gasteiger partial charge on any atom is -0.480 e. The minimum absolute atomic E-state index is 0.148. The van der Waals surface area contributed by atoms with E-state index in [1.165, 1.54) is 12.1 Å². The van der Waals surface area contributed by atoms with Crippen LogP contribution in [0.4, 0.5) is 14.9 Å². The molecular formula is C12H12FN3O4. The molecule has 1 aromatic carbocycles. The average Bonchev–Trinajstić information content (AvgIpc) is 2.41. The number of hydrogen-bond acceptors (Lipinski definition) is 3. The number of rotatable bonds is 2. The maximum absolute atomic E-state index is 12.7. The van der Waals surface area contributed by atoms with Crippen molar-refractivity contribution in [1.29, 1.82) is 0 Å². The van der Waals surface area contributed by atoms with Gasteiger partial charge in [-0.15, -0.1) is 0 Å². The number of nitrogens with one attached hydrogen (secondary N) is 2. The van der Waals surface area contributed by atoms with Crippen molar-refractivity contribution in [1.82, 2.24) is 10.2 Å². The molecule has 0 aromatic heterocycles. The maximum Gasteiger partial charge on any atom is 0.328 e. The van der Waals surface area contributed by atoms with E-state index >= 15 is 0 Å². The molecule has 0 spiro atoms. The number of halogens is 1. The van der Waals surface area contributed by atoms with E-state index in [0.29, 0.717) is 5.69 Å². The van der Waals surface area contributed by atoms with Crippen LogP contribution in [0.2, 0.25) is 0 Å². The van der Waals surface area contributed by atoms with E-state index in [1.54, 1.807) is 0 Å². The van der Waals surface area contributed by atoms with Crippen LogP contribution in [0.15, 0.2) is 24.3 Å². The van der Waals surface area contributed by atoms with Crippen LogP contribution in [-0.4, -0.2) is 47.0 Å². The molecule has 1 heterocycles. The van der Waals surface area contributed by atoms with Gasteiger partial charge in [0, 0.05) is 12.2 Å². The molecule has 20 heavy (non-hydrogen) atoms. The number of anilines is 1. The summed E-state index contributed by atoms with van der Waals surface area (Å²) in [6.45, 7) is -0.491. The molecule has 0 aliphatic carbocycles. The summed E-state index contributed by atoms with van der Waals surface area (Å²) in [6, 6.07) is 3.15. The van der Waals surface area contributed by atoms with Crippen LogP contribution >= 0.6 is 0 Å². The van der Waals surface area contributed by atoms with E-state index in [1.807, 2.05) is 0 Å². The Balaban J connectivity index is 2.10. The highest BCUT2D eigenvalue weighted by Crippen LogP contribution is 2.12. The Bertz CT molecular complexity index is 546. The molecule has 3 amide bonds. The second-order valence-electron chi connectivity index (χ2n) is 4.22. The smallest absolute Gasteiger partial charge is 0.328 e. The number of nitrogens with zero attached hydrogens (tertiary/aromatic N) is 1. The predicted molar refractivity (Wildman–Crippen MR) is 66.6 cm³/mol. The Kier molecular flexibility index (Phi) is 3.83. The van der Waals surface area contributed by atoms with Gasteiger partial charge < -0.3 is 15.7 Å². The standard InChI is InChI=1S/C12H12FN3O4/c13-7-1-3-8(4-2-7)15-12(20)16-6-10(17)14-5-9(16)11(18)19/h1-4,9H,5-6H2,(H,14,17)(H,15,20)(H,18,19). The zero-order chi connectivity index (χ0) is 14.7. The number of amides is 3. The molecule has 8 heteroatoms. The molecule has 1 fully saturated rings. The quantitative estimate of drug-likeness (QED) is 0.723. The minimum atomic E-state index is -1.21. The van der Waals surface area contributed by atoms with Gasteiger partial charge in [-0.05, 0) is 24.3 Å². The molecular weight excluding hydrogens is 269 g/mol. The van der Waals surface area contributed by atoms with Crippen LogP contribution in [0.1, 0.15) is 0 Å². The molecule has 1 atom stereocenters. The topological polar surface area (TPSA) is 98.7 Å². The van der Waals surface area contributed by atoms with Crippen molar-refractivity contribution in [2.45, 2.75) is 6.04 Å². The fourth-order valence-corrected chi connectivity index (χ4v) is 1.80. The number of urea groups is 1. The van der Waals surface area contributed by atoms with Crippen molar-refractivity contribution < 1.29 is 23.9 Å². The van der Waals surface area contributed by atoms with E-state index < -0.39 is 29.8 Å². The number of aliphatic carboxylic acids is 1. The molecule has 1 saturated heterocycles. The van der Waals surface area contributed by atoms with Crippen LogP contribution in [0, 0.1) is 5.82 Å². The van der Waals surface area contributed by atoms with E-state index in [0.717, 1.165) is 17.0 Å². The number of carbonyl (C=O) groups is 3. The first-order valence-electron chi connectivity index (χ1n) is 5.80. The van der Waals surface area contributed by atoms with Crippen LogP contribution < -0.4 is 10.6 Å². The molecule has 2 rings (SSSR count). The average molecular weight is 281 g/mol. The second kappa shape index (κ2) is 5.55. The van der Waals surface area contributed by atoms with E-state index in [9.17, 15) is 18.8 Å². The zero-order valence-corrected chi connectivity index (χ0v) is 10.3. The van der Waals surface area contributed by atoms with Gasteiger partial charge in [0.25, 0.3) is 0 Å². The summed E-state index contributed by atoms with van der Waals surface area (Å²) in [6.07, 6.45) is 0. The van der Waals surface area contributed by atoms with Gasteiger partial charge in [-0.3, -0.25) is 9.69 Å². The number of carbonyl (C=O) groups excluding carboxylic acids is 2. The summed E-state index contributed by atoms with van der Waals surface area (Å²) in [5, 5.41) is 13.8. The maximum atomic E-state index is 12.7. The Morgan fingerprint density at radius 1 is 1.35 bits per heavy atom. The Hall–Kier alpha value is -2.64. The monoisotopic (exact) mass is 281 g/mol. The van der Waals surface area contributed by atoms with E-state index in [2.05, 4.69) is 10.6 Å². The SMILES string of the molecule is O=C1CN(C(=O)Nc2ccc(F)cc2)C(C(=O)O)CN1. The summed E-state index contributed by atoms with van der Waals surface area (Å²) in [4.78, 5) is 35.2. The van der Waals surface area contributed by atoms with Crippen molar-refractivity contribution in [3.05, 3.63) is 30.1 Å². The fourth-order valence-electron chi connectivity index (χ4n) is 1.80. The molecule has 0 bridgehead atoms. The number of carboxylic acid groups (broad SMARTS) is 1. The van der Waals surface area contributed by atoms with Crippen LogP contribution in [0.3, 0.4) is 0 Å². The van der Waals surface area contributed by atoms with Crippen molar-refractivity contribution in [3.8, 4) is 0 Å². The first-order valence-corrected chi connectivity index (χ1v) is 5.80. The third-order valence-electron chi connectivity index (χ3n) is 2.82. The lowest BCUT2D eigenvalue weighted by molar-refractivity contribution is -0.144. The lowest BCUT2D eigenvalue weighted by atomic mass is 10.2. The van der Waals surface area contributed by atoms with Gasteiger partial charge in [0.2, 0.25) is 5.91 Å². The van der Waals surface area contributed by atoms with Crippen LogP contribution in [-0.2, 0) is 9.59 Å². The Labute approximate surface area is 113 Å². The van der Waals surface area contributed by atoms with Crippen molar-refractivity contribution in [3.63, 3.8) is 0 Å². The lowest BCUT2D eigenvalue weighted by Gasteiger charge is -2.32. The number of hydrogen-bond donors (Lipinski definition) is 3.